The molecule has 0 radical (unpaired) electrons. The monoisotopic (exact) mass is 353 g/mol. The summed E-state index contributed by atoms with van der Waals surface area (Å²) < 4.78 is 10.8. The summed E-state index contributed by atoms with van der Waals surface area (Å²) in [5, 5.41) is 3.33. The van der Waals surface area contributed by atoms with E-state index in [2.05, 4.69) is 5.32 Å². The molecule has 0 aromatic heterocycles. The van der Waals surface area contributed by atoms with Gasteiger partial charge in [-0.2, -0.15) is 0 Å². The minimum atomic E-state index is -0.611. The quantitative estimate of drug-likeness (QED) is 0.887. The van der Waals surface area contributed by atoms with Crippen LogP contribution in [-0.4, -0.2) is 61.3 Å². The SMILES string of the molecule is COc1ccc(Cl)cc1NC(=O)N1CCCC2(CN(C)C(=O)O2)C1. The van der Waals surface area contributed by atoms with E-state index in [0.717, 1.165) is 12.8 Å². The Bertz CT molecular complexity index is 669. The van der Waals surface area contributed by atoms with Gasteiger partial charge in [0.2, 0.25) is 0 Å². The number of rotatable bonds is 2. The lowest BCUT2D eigenvalue weighted by atomic mass is 9.93. The average Bonchev–Trinajstić information content (AvgIpc) is 2.81. The van der Waals surface area contributed by atoms with Crippen molar-refractivity contribution in [2.45, 2.75) is 18.4 Å². The second-order valence-corrected chi connectivity index (χ2v) is 6.64. The van der Waals surface area contributed by atoms with Crippen LogP contribution in [0.2, 0.25) is 5.02 Å². The van der Waals surface area contributed by atoms with Crippen LogP contribution in [-0.2, 0) is 4.74 Å². The third-order valence-electron chi connectivity index (χ3n) is 4.37. The van der Waals surface area contributed by atoms with Crippen LogP contribution < -0.4 is 10.1 Å². The van der Waals surface area contributed by atoms with Gasteiger partial charge in [0.1, 0.15) is 11.4 Å². The van der Waals surface area contributed by atoms with Crippen molar-refractivity contribution in [3.8, 4) is 5.75 Å². The van der Waals surface area contributed by atoms with Gasteiger partial charge >= 0.3 is 12.1 Å². The van der Waals surface area contributed by atoms with Crippen LogP contribution in [0.1, 0.15) is 12.8 Å². The van der Waals surface area contributed by atoms with Gasteiger partial charge in [0.15, 0.2) is 0 Å². The van der Waals surface area contributed by atoms with Gasteiger partial charge in [-0.15, -0.1) is 0 Å². The van der Waals surface area contributed by atoms with E-state index in [-0.39, 0.29) is 12.1 Å². The van der Waals surface area contributed by atoms with E-state index in [1.165, 1.54) is 7.11 Å². The predicted molar refractivity (Wildman–Crippen MR) is 89.7 cm³/mol. The van der Waals surface area contributed by atoms with Crippen molar-refractivity contribution in [3.63, 3.8) is 0 Å². The normalized spacial score (nSPS) is 23.4. The number of hydrogen-bond donors (Lipinski definition) is 1. The van der Waals surface area contributed by atoms with Gasteiger partial charge in [0.25, 0.3) is 0 Å². The van der Waals surface area contributed by atoms with Crippen molar-refractivity contribution in [1.82, 2.24) is 9.80 Å². The minimum absolute atomic E-state index is 0.264. The fraction of sp³-hybridized carbons (Fsp3) is 0.500. The van der Waals surface area contributed by atoms with E-state index >= 15 is 0 Å². The number of carbonyl (C=O) groups is 2. The van der Waals surface area contributed by atoms with E-state index in [1.54, 1.807) is 35.0 Å². The molecule has 8 heteroatoms. The van der Waals surface area contributed by atoms with Crippen LogP contribution in [0.25, 0.3) is 0 Å². The summed E-state index contributed by atoms with van der Waals surface area (Å²) in [6, 6.07) is 4.77. The number of hydrogen-bond acceptors (Lipinski definition) is 4. The number of ether oxygens (including phenoxy) is 2. The second-order valence-electron chi connectivity index (χ2n) is 6.21. The Balaban J connectivity index is 1.72. The van der Waals surface area contributed by atoms with Gasteiger partial charge in [0.05, 0.1) is 25.9 Å². The zero-order valence-electron chi connectivity index (χ0n) is 13.7. The Morgan fingerprint density at radius 1 is 1.42 bits per heavy atom. The first-order valence-corrected chi connectivity index (χ1v) is 8.14. The van der Waals surface area contributed by atoms with Crippen LogP contribution in [0.15, 0.2) is 18.2 Å². The number of amides is 3. The highest BCUT2D eigenvalue weighted by atomic mass is 35.5. The molecule has 130 valence electrons. The van der Waals surface area contributed by atoms with Gasteiger partial charge in [-0.05, 0) is 31.0 Å². The van der Waals surface area contributed by atoms with Gasteiger partial charge < -0.3 is 24.6 Å². The molecule has 1 aromatic carbocycles. The smallest absolute Gasteiger partial charge is 0.410 e. The molecule has 2 fully saturated rings. The number of nitrogens with zero attached hydrogens (tertiary/aromatic N) is 2. The van der Waals surface area contributed by atoms with Gasteiger partial charge in [-0.3, -0.25) is 0 Å². The number of benzene rings is 1. The number of likely N-dealkylation sites (tertiary alicyclic amines) is 1. The minimum Gasteiger partial charge on any atom is -0.495 e. The molecule has 1 N–H and O–H groups in total. The maximum Gasteiger partial charge on any atom is 0.410 e. The highest BCUT2D eigenvalue weighted by Gasteiger charge is 2.47. The van der Waals surface area contributed by atoms with Gasteiger partial charge in [-0.25, -0.2) is 9.59 Å². The first-order chi connectivity index (χ1) is 11.4. The molecule has 0 aliphatic carbocycles. The van der Waals surface area contributed by atoms with Crippen LogP contribution in [0, 0.1) is 0 Å². The standard InChI is InChI=1S/C16H20ClN3O4/c1-19-9-16(24-15(19)22)6-3-7-20(10-16)14(21)18-12-8-11(17)4-5-13(12)23-2/h4-5,8H,3,6-7,9-10H2,1-2H3,(H,18,21). The van der Waals surface area contributed by atoms with Crippen LogP contribution in [0.5, 0.6) is 5.75 Å². The zero-order valence-corrected chi connectivity index (χ0v) is 14.4. The summed E-state index contributed by atoms with van der Waals surface area (Å²) in [5.74, 6) is 0.534. The lowest BCUT2D eigenvalue weighted by Crippen LogP contribution is -2.53. The zero-order chi connectivity index (χ0) is 17.3. The maximum absolute atomic E-state index is 12.6. The van der Waals surface area contributed by atoms with Crippen molar-refractivity contribution in [2.75, 3.05) is 39.1 Å². The Kier molecular flexibility index (Phi) is 4.45. The highest BCUT2D eigenvalue weighted by Crippen LogP contribution is 2.32. The maximum atomic E-state index is 12.6. The summed E-state index contributed by atoms with van der Waals surface area (Å²) in [6.07, 6.45) is 1.20. The van der Waals surface area contributed by atoms with Crippen LogP contribution in [0.4, 0.5) is 15.3 Å². The van der Waals surface area contributed by atoms with Crippen LogP contribution in [0.3, 0.4) is 0 Å². The van der Waals surface area contributed by atoms with Crippen molar-refractivity contribution >= 4 is 29.4 Å². The molecule has 1 unspecified atom stereocenters. The largest absolute Gasteiger partial charge is 0.495 e. The molecule has 3 rings (SSSR count). The summed E-state index contributed by atoms with van der Waals surface area (Å²) in [6.45, 7) is 1.48. The number of anilines is 1. The molecule has 1 spiro atoms. The topological polar surface area (TPSA) is 71.1 Å². The lowest BCUT2D eigenvalue weighted by molar-refractivity contribution is 0.00497. The fourth-order valence-corrected chi connectivity index (χ4v) is 3.42. The Morgan fingerprint density at radius 3 is 2.88 bits per heavy atom. The summed E-state index contributed by atoms with van der Waals surface area (Å²) in [5.41, 5.74) is -0.102. The van der Waals surface area contributed by atoms with E-state index in [0.29, 0.717) is 36.1 Å². The van der Waals surface area contributed by atoms with Crippen molar-refractivity contribution in [1.29, 1.82) is 0 Å². The Morgan fingerprint density at radius 2 is 2.21 bits per heavy atom. The van der Waals surface area contributed by atoms with Gasteiger partial charge in [0, 0.05) is 18.6 Å². The molecule has 2 saturated heterocycles. The van der Waals surface area contributed by atoms with Gasteiger partial charge in [-0.1, -0.05) is 11.6 Å². The van der Waals surface area contributed by atoms with E-state index in [1.807, 2.05) is 0 Å². The van der Waals surface area contributed by atoms with Crippen molar-refractivity contribution < 1.29 is 19.1 Å². The first kappa shape index (κ1) is 16.7. The summed E-state index contributed by atoms with van der Waals surface area (Å²) in [4.78, 5) is 27.5. The highest BCUT2D eigenvalue weighted by molar-refractivity contribution is 6.31. The third-order valence-corrected chi connectivity index (χ3v) is 4.61. The number of urea groups is 1. The molecule has 2 aliphatic heterocycles. The molecule has 3 amide bonds. The molecule has 1 aromatic rings. The van der Waals surface area contributed by atoms with E-state index in [9.17, 15) is 9.59 Å². The number of methoxy groups -OCH3 is 1. The molecular formula is C16H20ClN3O4. The molecule has 2 aliphatic rings. The average molecular weight is 354 g/mol. The van der Waals surface area contributed by atoms with Crippen molar-refractivity contribution in [3.05, 3.63) is 23.2 Å². The van der Waals surface area contributed by atoms with E-state index < -0.39 is 5.60 Å². The molecule has 24 heavy (non-hydrogen) atoms. The Hall–Kier alpha value is -2.15. The summed E-state index contributed by atoms with van der Waals surface area (Å²) in [7, 11) is 3.23. The summed E-state index contributed by atoms with van der Waals surface area (Å²) >= 11 is 5.99. The molecule has 0 bridgehead atoms. The number of carbonyl (C=O) groups excluding carboxylic acids is 2. The number of halogens is 1. The molecule has 1 atom stereocenters. The van der Waals surface area contributed by atoms with Crippen molar-refractivity contribution in [2.24, 2.45) is 0 Å². The molecule has 7 nitrogen and oxygen atoms in total. The number of nitrogens with one attached hydrogen (secondary N) is 1. The third kappa shape index (κ3) is 3.21. The number of piperidine rings is 1. The lowest BCUT2D eigenvalue weighted by Gasteiger charge is -2.38. The first-order valence-electron chi connectivity index (χ1n) is 7.76. The molecule has 2 heterocycles. The number of likely N-dealkylation sites (N-methyl/N-ethyl adjacent to an activating group) is 1. The molecular weight excluding hydrogens is 334 g/mol. The van der Waals surface area contributed by atoms with Crippen LogP contribution >= 0.6 is 11.6 Å². The molecule has 0 saturated carbocycles. The predicted octanol–water partition coefficient (Wildman–Crippen LogP) is 2.80. The van der Waals surface area contributed by atoms with E-state index in [4.69, 9.17) is 21.1 Å². The second kappa shape index (κ2) is 6.39. The Labute approximate surface area is 145 Å². The fourth-order valence-electron chi connectivity index (χ4n) is 3.25.